The Balaban J connectivity index is 2.97. The minimum atomic E-state index is -0.683. The summed E-state index contributed by atoms with van der Waals surface area (Å²) in [5.74, 6) is 1.99. The zero-order valence-electron chi connectivity index (χ0n) is 13.3. The molecular weight excluding hydrogens is 252 g/mol. The van der Waals surface area contributed by atoms with E-state index in [-0.39, 0.29) is 0 Å². The third kappa shape index (κ3) is 4.07. The van der Waals surface area contributed by atoms with Gasteiger partial charge < -0.3 is 15.7 Å². The molecule has 3 N–H and O–H groups in total. The molecule has 0 spiro atoms. The van der Waals surface area contributed by atoms with Gasteiger partial charge in [-0.15, -0.1) is 0 Å². The molecule has 0 radical (unpaired) electrons. The molecule has 1 rings (SSSR count). The number of nitrogens with one attached hydrogen (secondary N) is 2. The van der Waals surface area contributed by atoms with E-state index in [0.29, 0.717) is 12.5 Å². The Hall–Kier alpha value is -1.36. The van der Waals surface area contributed by atoms with Crippen LogP contribution in [0.25, 0.3) is 0 Å². The van der Waals surface area contributed by atoms with Crippen molar-refractivity contribution in [3.63, 3.8) is 0 Å². The first-order chi connectivity index (χ1) is 9.47. The summed E-state index contributed by atoms with van der Waals surface area (Å²) in [6, 6.07) is 0. The maximum atomic E-state index is 10.4. The van der Waals surface area contributed by atoms with Crippen LogP contribution in [0.2, 0.25) is 0 Å². The lowest BCUT2D eigenvalue weighted by Gasteiger charge is -2.27. The smallest absolute Gasteiger partial charge is 0.135 e. The Morgan fingerprint density at radius 3 is 2.10 bits per heavy atom. The molecule has 5 heteroatoms. The van der Waals surface area contributed by atoms with Crippen molar-refractivity contribution in [3.8, 4) is 0 Å². The molecule has 5 nitrogen and oxygen atoms in total. The summed E-state index contributed by atoms with van der Waals surface area (Å²) in [6.07, 6.45) is 3.00. The molecule has 1 aromatic heterocycles. The van der Waals surface area contributed by atoms with Crippen molar-refractivity contribution in [2.24, 2.45) is 0 Å². The van der Waals surface area contributed by atoms with E-state index in [1.165, 1.54) is 0 Å². The van der Waals surface area contributed by atoms with Crippen LogP contribution in [-0.2, 0) is 0 Å². The molecule has 0 bridgehead atoms. The average Bonchev–Trinajstić information content (AvgIpc) is 2.45. The highest BCUT2D eigenvalue weighted by Gasteiger charge is 2.23. The topological polar surface area (TPSA) is 70.1 Å². The molecule has 0 aliphatic rings. The molecule has 0 aliphatic heterocycles. The lowest BCUT2D eigenvalue weighted by atomic mass is 9.97. The van der Waals surface area contributed by atoms with Gasteiger partial charge in [0.05, 0.1) is 5.60 Å². The Morgan fingerprint density at radius 1 is 1.10 bits per heavy atom. The van der Waals surface area contributed by atoms with E-state index in [1.54, 1.807) is 6.33 Å². The summed E-state index contributed by atoms with van der Waals surface area (Å²) in [6.45, 7) is 11.6. The van der Waals surface area contributed by atoms with Crippen LogP contribution < -0.4 is 10.6 Å². The second-order valence-corrected chi connectivity index (χ2v) is 5.45. The predicted molar refractivity (Wildman–Crippen MR) is 84.3 cm³/mol. The van der Waals surface area contributed by atoms with Gasteiger partial charge in [0.25, 0.3) is 0 Å². The number of aliphatic hydroxyl groups is 1. The van der Waals surface area contributed by atoms with E-state index in [4.69, 9.17) is 0 Å². The highest BCUT2D eigenvalue weighted by atomic mass is 16.3. The zero-order chi connectivity index (χ0) is 15.2. The summed E-state index contributed by atoms with van der Waals surface area (Å²) < 4.78 is 0. The molecule has 1 aromatic rings. The first-order valence-corrected chi connectivity index (χ1v) is 7.52. The number of aromatic nitrogens is 2. The second-order valence-electron chi connectivity index (χ2n) is 5.45. The summed E-state index contributed by atoms with van der Waals surface area (Å²) >= 11 is 0. The fraction of sp³-hybridized carbons (Fsp3) is 0.733. The molecule has 0 saturated heterocycles. The van der Waals surface area contributed by atoms with Crippen molar-refractivity contribution < 1.29 is 5.11 Å². The third-order valence-corrected chi connectivity index (χ3v) is 3.71. The van der Waals surface area contributed by atoms with E-state index in [1.807, 2.05) is 20.8 Å². The lowest BCUT2D eigenvalue weighted by Crippen LogP contribution is -2.36. The Bertz CT molecular complexity index is 416. The molecule has 0 aromatic carbocycles. The van der Waals surface area contributed by atoms with Gasteiger partial charge in [-0.2, -0.15) is 0 Å². The fourth-order valence-corrected chi connectivity index (χ4v) is 2.14. The SMILES string of the molecule is CCNc1ncnc(NCC(O)(CC)CC)c1C(C)C. The van der Waals surface area contributed by atoms with Crippen LogP contribution in [0.1, 0.15) is 58.9 Å². The molecule has 0 fully saturated rings. The summed E-state index contributed by atoms with van der Waals surface area (Å²) in [4.78, 5) is 8.65. The van der Waals surface area contributed by atoms with Gasteiger partial charge in [-0.1, -0.05) is 27.7 Å². The Labute approximate surface area is 122 Å². The number of nitrogens with zero attached hydrogens (tertiary/aromatic N) is 2. The summed E-state index contributed by atoms with van der Waals surface area (Å²) in [7, 11) is 0. The summed E-state index contributed by atoms with van der Waals surface area (Å²) in [5.41, 5.74) is 0.390. The van der Waals surface area contributed by atoms with Crippen molar-refractivity contribution in [2.45, 2.75) is 59.0 Å². The van der Waals surface area contributed by atoms with E-state index in [9.17, 15) is 5.11 Å². The van der Waals surface area contributed by atoms with Crippen LogP contribution >= 0.6 is 0 Å². The number of hydrogen-bond acceptors (Lipinski definition) is 5. The molecule has 20 heavy (non-hydrogen) atoms. The molecule has 0 atom stereocenters. The van der Waals surface area contributed by atoms with Gasteiger partial charge in [-0.25, -0.2) is 9.97 Å². The van der Waals surface area contributed by atoms with Gasteiger partial charge in [-0.05, 0) is 25.7 Å². The standard InChI is InChI=1S/C15H28N4O/c1-6-15(20,7-2)9-17-14-12(11(4)5)13(16-8-3)18-10-19-14/h10-11,20H,6-9H2,1-5H3,(H2,16,17,18,19). The molecule has 1 heterocycles. The van der Waals surface area contributed by atoms with Crippen LogP contribution in [0.4, 0.5) is 11.6 Å². The van der Waals surface area contributed by atoms with Crippen LogP contribution in [0, 0.1) is 0 Å². The van der Waals surface area contributed by atoms with E-state index < -0.39 is 5.60 Å². The van der Waals surface area contributed by atoms with Crippen molar-refractivity contribution >= 4 is 11.6 Å². The zero-order valence-corrected chi connectivity index (χ0v) is 13.3. The Kier molecular flexibility index (Phi) is 6.20. The fourth-order valence-electron chi connectivity index (χ4n) is 2.14. The molecular formula is C15H28N4O. The largest absolute Gasteiger partial charge is 0.388 e. The maximum Gasteiger partial charge on any atom is 0.135 e. The molecule has 0 unspecified atom stereocenters. The highest BCUT2D eigenvalue weighted by Crippen LogP contribution is 2.29. The first kappa shape index (κ1) is 16.7. The predicted octanol–water partition coefficient (Wildman–Crippen LogP) is 2.99. The second kappa shape index (κ2) is 7.43. The quantitative estimate of drug-likeness (QED) is 0.683. The molecule has 0 saturated carbocycles. The van der Waals surface area contributed by atoms with Gasteiger partial charge in [0.15, 0.2) is 0 Å². The minimum Gasteiger partial charge on any atom is -0.388 e. The number of rotatable bonds is 8. The number of anilines is 2. The molecule has 0 amide bonds. The first-order valence-electron chi connectivity index (χ1n) is 7.52. The van der Waals surface area contributed by atoms with Crippen LogP contribution in [0.15, 0.2) is 6.33 Å². The lowest BCUT2D eigenvalue weighted by molar-refractivity contribution is 0.0456. The Morgan fingerprint density at radius 2 is 1.65 bits per heavy atom. The van der Waals surface area contributed by atoms with Crippen molar-refractivity contribution in [1.82, 2.24) is 9.97 Å². The van der Waals surface area contributed by atoms with Gasteiger partial charge in [0.1, 0.15) is 18.0 Å². The molecule has 114 valence electrons. The maximum absolute atomic E-state index is 10.4. The minimum absolute atomic E-state index is 0.309. The summed E-state index contributed by atoms with van der Waals surface area (Å²) in [5, 5.41) is 16.9. The highest BCUT2D eigenvalue weighted by molar-refractivity contribution is 5.59. The van der Waals surface area contributed by atoms with Gasteiger partial charge in [0.2, 0.25) is 0 Å². The monoisotopic (exact) mass is 280 g/mol. The van der Waals surface area contributed by atoms with E-state index in [0.717, 1.165) is 36.6 Å². The molecule has 0 aliphatic carbocycles. The van der Waals surface area contributed by atoms with Gasteiger partial charge in [0, 0.05) is 18.7 Å². The van der Waals surface area contributed by atoms with Crippen LogP contribution in [-0.4, -0.2) is 33.8 Å². The van der Waals surface area contributed by atoms with Gasteiger partial charge in [-0.3, -0.25) is 0 Å². The van der Waals surface area contributed by atoms with Crippen molar-refractivity contribution in [3.05, 3.63) is 11.9 Å². The average molecular weight is 280 g/mol. The normalized spacial score (nSPS) is 11.8. The van der Waals surface area contributed by atoms with E-state index >= 15 is 0 Å². The number of hydrogen-bond donors (Lipinski definition) is 3. The third-order valence-electron chi connectivity index (χ3n) is 3.71. The van der Waals surface area contributed by atoms with Crippen LogP contribution in [0.5, 0.6) is 0 Å². The van der Waals surface area contributed by atoms with Gasteiger partial charge >= 0.3 is 0 Å². The van der Waals surface area contributed by atoms with E-state index in [2.05, 4.69) is 34.4 Å². The van der Waals surface area contributed by atoms with Crippen molar-refractivity contribution in [2.75, 3.05) is 23.7 Å². The van der Waals surface area contributed by atoms with Crippen LogP contribution in [0.3, 0.4) is 0 Å². The van der Waals surface area contributed by atoms with Crippen molar-refractivity contribution in [1.29, 1.82) is 0 Å².